The second-order valence-corrected chi connectivity index (χ2v) is 7.91. The molecule has 0 aliphatic carbocycles. The highest BCUT2D eigenvalue weighted by atomic mass is 35.6. The van der Waals surface area contributed by atoms with Crippen LogP contribution in [-0.2, 0) is 3.79 Å². The highest BCUT2D eigenvalue weighted by Crippen LogP contribution is 2.36. The summed E-state index contributed by atoms with van der Waals surface area (Å²) in [5.74, 6) is 1.16. The Hall–Kier alpha value is -1.83. The number of fused-ring (bicyclic) bond motifs is 1. The molecule has 0 spiro atoms. The monoisotopic (exact) mass is 398 g/mol. The highest BCUT2D eigenvalue weighted by molar-refractivity contribution is 6.66. The van der Waals surface area contributed by atoms with Crippen LogP contribution in [0.1, 0.15) is 30.3 Å². The third-order valence-corrected chi connectivity index (χ3v) is 4.38. The summed E-state index contributed by atoms with van der Waals surface area (Å²) in [6, 6.07) is 3.95. The first-order chi connectivity index (χ1) is 12.0. The summed E-state index contributed by atoms with van der Waals surface area (Å²) in [6.07, 6.45) is 7.55. The Balaban J connectivity index is 1.62. The lowest BCUT2D eigenvalue weighted by molar-refractivity contribution is 0.381. The summed E-state index contributed by atoms with van der Waals surface area (Å²) >= 11 is 17.1. The molecule has 3 aromatic heterocycles. The van der Waals surface area contributed by atoms with Crippen molar-refractivity contribution in [3.8, 4) is 0 Å². The summed E-state index contributed by atoms with van der Waals surface area (Å²) < 4.78 is 4.96. The van der Waals surface area contributed by atoms with E-state index in [1.165, 1.54) is 12.8 Å². The van der Waals surface area contributed by atoms with E-state index >= 15 is 0 Å². The SMILES string of the molecule is ClC(Cl)(Cl)c1nc(/C=C/c2cnc3ccc(N4CCCC4)nn23)no1. The lowest BCUT2D eigenvalue weighted by atomic mass is 10.4. The fourth-order valence-corrected chi connectivity index (χ4v) is 2.92. The van der Waals surface area contributed by atoms with Crippen molar-refractivity contribution in [2.45, 2.75) is 16.6 Å². The molecular formula is C15H13Cl3N6O. The van der Waals surface area contributed by atoms with E-state index in [4.69, 9.17) is 39.3 Å². The average molecular weight is 400 g/mol. The Morgan fingerprint density at radius 2 is 1.92 bits per heavy atom. The molecule has 4 rings (SSSR count). The lowest BCUT2D eigenvalue weighted by Crippen LogP contribution is -2.19. The van der Waals surface area contributed by atoms with Gasteiger partial charge >= 0.3 is 0 Å². The summed E-state index contributed by atoms with van der Waals surface area (Å²) in [6.45, 7) is 2.06. The zero-order chi connectivity index (χ0) is 17.4. The quantitative estimate of drug-likeness (QED) is 0.625. The molecular weight excluding hydrogens is 387 g/mol. The van der Waals surface area contributed by atoms with Gasteiger partial charge in [-0.2, -0.15) is 4.98 Å². The fraction of sp³-hybridized carbons (Fsp3) is 0.333. The minimum absolute atomic E-state index is 0.0789. The molecule has 130 valence electrons. The average Bonchev–Trinajstić information content (AvgIpc) is 3.31. The molecule has 4 heterocycles. The standard InChI is InChI=1S/C15H13Cl3N6O/c16-15(17,18)14-20-11(22-25-14)4-3-10-9-19-12-5-6-13(21-24(10)12)23-7-1-2-8-23/h3-6,9H,1-2,7-8H2/b4-3+. The zero-order valence-electron chi connectivity index (χ0n) is 12.9. The number of hydrogen-bond acceptors (Lipinski definition) is 6. The predicted molar refractivity (Wildman–Crippen MR) is 96.9 cm³/mol. The van der Waals surface area contributed by atoms with Gasteiger partial charge in [-0.1, -0.05) is 40.0 Å². The van der Waals surface area contributed by atoms with E-state index in [1.54, 1.807) is 22.9 Å². The third kappa shape index (κ3) is 3.44. The van der Waals surface area contributed by atoms with E-state index in [0.717, 1.165) is 30.2 Å². The molecule has 1 aliphatic rings. The van der Waals surface area contributed by atoms with Gasteiger partial charge < -0.3 is 9.42 Å². The van der Waals surface area contributed by atoms with Crippen molar-refractivity contribution in [3.05, 3.63) is 35.7 Å². The van der Waals surface area contributed by atoms with E-state index in [-0.39, 0.29) is 5.89 Å². The van der Waals surface area contributed by atoms with Gasteiger partial charge in [-0.15, -0.1) is 5.10 Å². The maximum Gasteiger partial charge on any atom is 0.279 e. The summed E-state index contributed by atoms with van der Waals surface area (Å²) in [4.78, 5) is 10.6. The van der Waals surface area contributed by atoms with E-state index in [2.05, 4.69) is 25.1 Å². The van der Waals surface area contributed by atoms with Gasteiger partial charge in [0.15, 0.2) is 11.5 Å². The maximum atomic E-state index is 5.71. The van der Waals surface area contributed by atoms with E-state index in [0.29, 0.717) is 5.82 Å². The van der Waals surface area contributed by atoms with Crippen LogP contribution in [0.4, 0.5) is 5.82 Å². The molecule has 3 aromatic rings. The van der Waals surface area contributed by atoms with Crippen molar-refractivity contribution in [2.75, 3.05) is 18.0 Å². The normalized spacial score (nSPS) is 15.7. The maximum absolute atomic E-state index is 5.71. The first-order valence-electron chi connectivity index (χ1n) is 7.69. The van der Waals surface area contributed by atoms with Crippen molar-refractivity contribution in [1.29, 1.82) is 0 Å². The van der Waals surface area contributed by atoms with Gasteiger partial charge in [0.2, 0.25) is 0 Å². The minimum Gasteiger partial charge on any atom is -0.355 e. The molecule has 0 unspecified atom stereocenters. The number of halogens is 3. The Morgan fingerprint density at radius 1 is 1.12 bits per heavy atom. The van der Waals surface area contributed by atoms with Crippen LogP contribution < -0.4 is 4.90 Å². The molecule has 1 aliphatic heterocycles. The van der Waals surface area contributed by atoms with Gasteiger partial charge in [0.05, 0.1) is 11.9 Å². The highest BCUT2D eigenvalue weighted by Gasteiger charge is 2.30. The van der Waals surface area contributed by atoms with Crippen molar-refractivity contribution in [2.24, 2.45) is 0 Å². The molecule has 1 fully saturated rings. The number of alkyl halides is 3. The summed E-state index contributed by atoms with van der Waals surface area (Å²) in [5, 5.41) is 8.43. The van der Waals surface area contributed by atoms with Crippen molar-refractivity contribution in [3.63, 3.8) is 0 Å². The molecule has 0 saturated carbocycles. The number of nitrogens with zero attached hydrogens (tertiary/aromatic N) is 6. The van der Waals surface area contributed by atoms with Gasteiger partial charge in [0.25, 0.3) is 9.68 Å². The fourth-order valence-electron chi connectivity index (χ4n) is 2.69. The van der Waals surface area contributed by atoms with Crippen LogP contribution in [-0.4, -0.2) is 37.8 Å². The second-order valence-electron chi connectivity index (χ2n) is 5.63. The number of hydrogen-bond donors (Lipinski definition) is 0. The predicted octanol–water partition coefficient (Wildman–Crippen LogP) is 3.71. The molecule has 25 heavy (non-hydrogen) atoms. The second kappa shape index (κ2) is 6.48. The van der Waals surface area contributed by atoms with Gasteiger partial charge in [-0.05, 0) is 37.1 Å². The summed E-state index contributed by atoms with van der Waals surface area (Å²) in [7, 11) is 0. The Morgan fingerprint density at radius 3 is 2.64 bits per heavy atom. The molecule has 0 N–H and O–H groups in total. The van der Waals surface area contributed by atoms with Crippen molar-refractivity contribution in [1.82, 2.24) is 24.7 Å². The van der Waals surface area contributed by atoms with Crippen LogP contribution in [0.25, 0.3) is 17.8 Å². The number of imidazole rings is 1. The van der Waals surface area contributed by atoms with Crippen LogP contribution in [0, 0.1) is 0 Å². The van der Waals surface area contributed by atoms with Crippen LogP contribution >= 0.6 is 34.8 Å². The van der Waals surface area contributed by atoms with Crippen LogP contribution in [0.15, 0.2) is 22.9 Å². The molecule has 0 amide bonds. The molecule has 10 heteroatoms. The zero-order valence-corrected chi connectivity index (χ0v) is 15.2. The molecule has 1 saturated heterocycles. The van der Waals surface area contributed by atoms with E-state index < -0.39 is 3.79 Å². The van der Waals surface area contributed by atoms with Gasteiger partial charge in [0.1, 0.15) is 5.82 Å². The summed E-state index contributed by atoms with van der Waals surface area (Å²) in [5.41, 5.74) is 1.55. The van der Waals surface area contributed by atoms with E-state index in [9.17, 15) is 0 Å². The smallest absolute Gasteiger partial charge is 0.279 e. The van der Waals surface area contributed by atoms with Crippen LogP contribution in [0.5, 0.6) is 0 Å². The van der Waals surface area contributed by atoms with Crippen LogP contribution in [0.3, 0.4) is 0 Å². The van der Waals surface area contributed by atoms with Crippen LogP contribution in [0.2, 0.25) is 0 Å². The molecule has 0 bridgehead atoms. The van der Waals surface area contributed by atoms with Crippen molar-refractivity contribution >= 4 is 58.4 Å². The topological polar surface area (TPSA) is 72.4 Å². The Bertz CT molecular complexity index is 923. The van der Waals surface area contributed by atoms with Crippen molar-refractivity contribution < 1.29 is 4.52 Å². The molecule has 0 aromatic carbocycles. The van der Waals surface area contributed by atoms with E-state index in [1.807, 2.05) is 12.1 Å². The number of anilines is 1. The van der Waals surface area contributed by atoms with Gasteiger partial charge in [0, 0.05) is 13.1 Å². The largest absolute Gasteiger partial charge is 0.355 e. The Labute approximate surface area is 158 Å². The molecule has 0 atom stereocenters. The minimum atomic E-state index is -1.74. The Kier molecular flexibility index (Phi) is 4.31. The number of rotatable bonds is 3. The first kappa shape index (κ1) is 16.6. The molecule has 7 nitrogen and oxygen atoms in total. The molecule has 0 radical (unpaired) electrons. The number of aromatic nitrogens is 5. The lowest BCUT2D eigenvalue weighted by Gasteiger charge is -2.15. The van der Waals surface area contributed by atoms with Gasteiger partial charge in [-0.3, -0.25) is 0 Å². The third-order valence-electron chi connectivity index (χ3n) is 3.89. The first-order valence-corrected chi connectivity index (χ1v) is 8.83. The van der Waals surface area contributed by atoms with Gasteiger partial charge in [-0.25, -0.2) is 9.50 Å².